The van der Waals surface area contributed by atoms with E-state index in [0.717, 1.165) is 0 Å². The summed E-state index contributed by atoms with van der Waals surface area (Å²) in [4.78, 5) is 21.0. The molecule has 76 valence electrons. The quantitative estimate of drug-likeness (QED) is 0.449. The smallest absolute Gasteiger partial charge is 0.307 e. The first-order valence-electron chi connectivity index (χ1n) is 4.08. The minimum absolute atomic E-state index is 0.267. The highest BCUT2D eigenvalue weighted by Crippen LogP contribution is 1.91. The lowest BCUT2D eigenvalue weighted by Gasteiger charge is -2.06. The maximum atomic E-state index is 10.6. The predicted octanol–water partition coefficient (Wildman–Crippen LogP) is -0.140. The van der Waals surface area contributed by atoms with Gasteiger partial charge in [-0.1, -0.05) is 6.92 Å². The second-order valence-corrected chi connectivity index (χ2v) is 2.77. The first kappa shape index (κ1) is 11.9. The Labute approximate surface area is 77.1 Å². The van der Waals surface area contributed by atoms with Gasteiger partial charge in [0.25, 0.3) is 0 Å². The van der Waals surface area contributed by atoms with Gasteiger partial charge in [0.15, 0.2) is 0 Å². The van der Waals surface area contributed by atoms with Gasteiger partial charge in [-0.15, -0.1) is 0 Å². The summed E-state index contributed by atoms with van der Waals surface area (Å²) in [5, 5.41) is 11.4. The van der Waals surface area contributed by atoms with E-state index in [-0.39, 0.29) is 12.4 Å². The van der Waals surface area contributed by atoms with Crippen LogP contribution in [0.15, 0.2) is 0 Å². The molecular formula is C8H15NO4. The Bertz CT molecular complexity index is 181. The van der Waals surface area contributed by atoms with Crippen LogP contribution in [0.25, 0.3) is 0 Å². The Morgan fingerprint density at radius 3 is 2.62 bits per heavy atom. The topological polar surface area (TPSA) is 75.6 Å². The van der Waals surface area contributed by atoms with Gasteiger partial charge < -0.3 is 15.2 Å². The summed E-state index contributed by atoms with van der Waals surface area (Å²) in [5.41, 5.74) is 0. The number of carboxylic acid groups (broad SMARTS) is 1. The fourth-order valence-electron chi connectivity index (χ4n) is 0.698. The highest BCUT2D eigenvalue weighted by atomic mass is 16.5. The van der Waals surface area contributed by atoms with Gasteiger partial charge in [-0.2, -0.15) is 0 Å². The molecule has 0 aromatic heterocycles. The summed E-state index contributed by atoms with van der Waals surface area (Å²) in [6, 6.07) is 0. The lowest BCUT2D eigenvalue weighted by Crippen LogP contribution is -2.28. The molecule has 0 saturated carbocycles. The van der Waals surface area contributed by atoms with Crippen molar-refractivity contribution in [1.82, 2.24) is 5.32 Å². The number of ether oxygens (including phenoxy) is 1. The number of carbonyl (C=O) groups is 2. The molecule has 0 saturated heterocycles. The minimum Gasteiger partial charge on any atom is -0.481 e. The molecule has 2 N–H and O–H groups in total. The molecule has 13 heavy (non-hydrogen) atoms. The van der Waals surface area contributed by atoms with E-state index in [1.807, 2.05) is 0 Å². The van der Waals surface area contributed by atoms with Crippen LogP contribution in [-0.2, 0) is 14.3 Å². The lowest BCUT2D eigenvalue weighted by atomic mass is 10.2. The average molecular weight is 189 g/mol. The van der Waals surface area contributed by atoms with E-state index >= 15 is 0 Å². The normalized spacial score (nSPS) is 12.2. The number of nitrogens with one attached hydrogen (secondary N) is 1. The van der Waals surface area contributed by atoms with E-state index in [4.69, 9.17) is 5.11 Å². The van der Waals surface area contributed by atoms with Crippen molar-refractivity contribution in [3.05, 3.63) is 0 Å². The second-order valence-electron chi connectivity index (χ2n) is 2.77. The van der Waals surface area contributed by atoms with Crippen LogP contribution in [-0.4, -0.2) is 37.2 Å². The molecule has 0 heterocycles. The zero-order valence-electron chi connectivity index (χ0n) is 7.87. The molecule has 0 aliphatic carbocycles. The molecule has 1 atom stereocenters. The number of hydrogen-bond acceptors (Lipinski definition) is 4. The van der Waals surface area contributed by atoms with Gasteiger partial charge in [0.1, 0.15) is 0 Å². The van der Waals surface area contributed by atoms with Crippen LogP contribution in [0.5, 0.6) is 0 Å². The fraction of sp³-hybridized carbons (Fsp3) is 0.750. The van der Waals surface area contributed by atoms with Gasteiger partial charge in [-0.3, -0.25) is 9.59 Å². The molecule has 5 heteroatoms. The summed E-state index contributed by atoms with van der Waals surface area (Å²) >= 11 is 0. The third-order valence-corrected chi connectivity index (χ3v) is 1.61. The Morgan fingerprint density at radius 2 is 2.15 bits per heavy atom. The van der Waals surface area contributed by atoms with E-state index in [1.54, 1.807) is 6.92 Å². The molecule has 0 bridgehead atoms. The molecule has 0 aromatic carbocycles. The third kappa shape index (κ3) is 6.10. The van der Waals surface area contributed by atoms with Crippen LogP contribution in [0.2, 0.25) is 0 Å². The van der Waals surface area contributed by atoms with Crippen molar-refractivity contribution in [1.29, 1.82) is 0 Å². The molecule has 0 fully saturated rings. The number of hydrogen-bond donors (Lipinski definition) is 2. The second kappa shape index (κ2) is 6.42. The predicted molar refractivity (Wildman–Crippen MR) is 46.3 cm³/mol. The zero-order valence-corrected chi connectivity index (χ0v) is 7.87. The van der Waals surface area contributed by atoms with E-state index in [2.05, 4.69) is 10.1 Å². The molecule has 0 radical (unpaired) electrons. The van der Waals surface area contributed by atoms with E-state index < -0.39 is 11.9 Å². The number of aliphatic carboxylic acids is 1. The Kier molecular flexibility index (Phi) is 5.88. The number of rotatable bonds is 6. The fourth-order valence-corrected chi connectivity index (χ4v) is 0.698. The minimum atomic E-state index is -0.842. The van der Waals surface area contributed by atoms with Crippen molar-refractivity contribution >= 4 is 11.9 Å². The SMILES string of the molecule is COC(=O)CCNCC(C)C(=O)O. The van der Waals surface area contributed by atoms with Gasteiger partial charge in [-0.05, 0) is 0 Å². The lowest BCUT2D eigenvalue weighted by molar-refractivity contribution is -0.141. The average Bonchev–Trinajstić information content (AvgIpc) is 2.11. The largest absolute Gasteiger partial charge is 0.481 e. The molecule has 0 aliphatic heterocycles. The van der Waals surface area contributed by atoms with Crippen LogP contribution >= 0.6 is 0 Å². The molecule has 0 spiro atoms. The van der Waals surface area contributed by atoms with Crippen molar-refractivity contribution in [2.45, 2.75) is 13.3 Å². The maximum absolute atomic E-state index is 10.6. The number of carboxylic acids is 1. The van der Waals surface area contributed by atoms with E-state index in [1.165, 1.54) is 7.11 Å². The summed E-state index contributed by atoms with van der Waals surface area (Å²) in [7, 11) is 1.32. The number of methoxy groups -OCH3 is 1. The standard InChI is InChI=1S/C8H15NO4/c1-6(8(11)12)5-9-4-3-7(10)13-2/h6,9H,3-5H2,1-2H3,(H,11,12). The molecule has 0 aromatic rings. The van der Waals surface area contributed by atoms with E-state index in [0.29, 0.717) is 13.1 Å². The van der Waals surface area contributed by atoms with Crippen LogP contribution in [0.1, 0.15) is 13.3 Å². The maximum Gasteiger partial charge on any atom is 0.307 e. The van der Waals surface area contributed by atoms with Gasteiger partial charge in [0.2, 0.25) is 0 Å². The Morgan fingerprint density at radius 1 is 1.54 bits per heavy atom. The van der Waals surface area contributed by atoms with Gasteiger partial charge in [0.05, 0.1) is 19.4 Å². The molecular weight excluding hydrogens is 174 g/mol. The van der Waals surface area contributed by atoms with Crippen LogP contribution in [0, 0.1) is 5.92 Å². The monoisotopic (exact) mass is 189 g/mol. The molecule has 5 nitrogen and oxygen atoms in total. The first-order valence-corrected chi connectivity index (χ1v) is 4.08. The van der Waals surface area contributed by atoms with Crippen molar-refractivity contribution < 1.29 is 19.4 Å². The van der Waals surface area contributed by atoms with Crippen molar-refractivity contribution in [3.63, 3.8) is 0 Å². The Balaban J connectivity index is 3.35. The number of carbonyl (C=O) groups excluding carboxylic acids is 1. The van der Waals surface area contributed by atoms with Crippen molar-refractivity contribution in [3.8, 4) is 0 Å². The highest BCUT2D eigenvalue weighted by molar-refractivity contribution is 5.70. The van der Waals surface area contributed by atoms with Crippen molar-refractivity contribution in [2.75, 3.05) is 20.2 Å². The summed E-state index contributed by atoms with van der Waals surface area (Å²) in [6.45, 7) is 2.42. The zero-order chi connectivity index (χ0) is 10.3. The van der Waals surface area contributed by atoms with Crippen LogP contribution in [0.4, 0.5) is 0 Å². The molecule has 1 unspecified atom stereocenters. The van der Waals surface area contributed by atoms with Gasteiger partial charge >= 0.3 is 11.9 Å². The third-order valence-electron chi connectivity index (χ3n) is 1.61. The van der Waals surface area contributed by atoms with Crippen molar-refractivity contribution in [2.24, 2.45) is 5.92 Å². The van der Waals surface area contributed by atoms with Gasteiger partial charge in [0, 0.05) is 13.1 Å². The number of esters is 1. The summed E-state index contributed by atoms with van der Waals surface area (Å²) in [5.74, 6) is -1.57. The van der Waals surface area contributed by atoms with Crippen LogP contribution < -0.4 is 5.32 Å². The highest BCUT2D eigenvalue weighted by Gasteiger charge is 2.09. The molecule has 0 aliphatic rings. The summed E-state index contributed by atoms with van der Waals surface area (Å²) < 4.78 is 4.41. The molecule has 0 amide bonds. The first-order chi connectivity index (χ1) is 6.07. The van der Waals surface area contributed by atoms with Crippen LogP contribution in [0.3, 0.4) is 0 Å². The molecule has 0 rings (SSSR count). The van der Waals surface area contributed by atoms with Gasteiger partial charge in [-0.25, -0.2) is 0 Å². The van der Waals surface area contributed by atoms with E-state index in [9.17, 15) is 9.59 Å². The summed E-state index contributed by atoms with van der Waals surface area (Å²) in [6.07, 6.45) is 0.267. The Hall–Kier alpha value is -1.10.